The Morgan fingerprint density at radius 1 is 1.26 bits per heavy atom. The highest BCUT2D eigenvalue weighted by molar-refractivity contribution is 7.99. The molecule has 2 aromatic carbocycles. The van der Waals surface area contributed by atoms with Crippen LogP contribution in [0.25, 0.3) is 10.9 Å². The van der Waals surface area contributed by atoms with Gasteiger partial charge in [-0.3, -0.25) is 14.2 Å². The normalized spacial score (nSPS) is 10.7. The minimum Gasteiger partial charge on any atom is -0.348 e. The molecule has 0 fully saturated rings. The summed E-state index contributed by atoms with van der Waals surface area (Å²) in [6, 6.07) is 14.3. The number of carbonyl (C=O) groups excluding carboxylic acids is 1. The van der Waals surface area contributed by atoms with Gasteiger partial charge in [-0.05, 0) is 36.2 Å². The standard InChI is InChI=1S/C23H23ClN4O2S/c1-2-3-6-12-28-22(30)18-10-9-16(14-20(18)27-23(28)31-13-11-25)21(29)26-15-17-7-4-5-8-19(17)24/h4-5,7-10,14H,2-3,6,12-13,15H2,1H3,(H,26,29). The minimum atomic E-state index is -0.276. The number of thioether (sulfide) groups is 1. The van der Waals surface area contributed by atoms with Crippen molar-refractivity contribution in [3.63, 3.8) is 0 Å². The summed E-state index contributed by atoms with van der Waals surface area (Å²) in [6.45, 7) is 2.96. The van der Waals surface area contributed by atoms with Crippen LogP contribution in [-0.2, 0) is 13.1 Å². The quantitative estimate of drug-likeness (QED) is 0.285. The zero-order chi connectivity index (χ0) is 22.2. The van der Waals surface area contributed by atoms with Gasteiger partial charge in [-0.2, -0.15) is 5.26 Å². The van der Waals surface area contributed by atoms with Gasteiger partial charge in [0.05, 0.1) is 22.7 Å². The fourth-order valence-corrected chi connectivity index (χ4v) is 4.07. The maximum atomic E-state index is 13.0. The molecule has 0 saturated carbocycles. The molecule has 0 unspecified atom stereocenters. The predicted octanol–water partition coefficient (Wildman–Crippen LogP) is 4.79. The first-order valence-electron chi connectivity index (χ1n) is 10.1. The van der Waals surface area contributed by atoms with Gasteiger partial charge in [0.1, 0.15) is 0 Å². The average Bonchev–Trinajstić information content (AvgIpc) is 2.78. The number of fused-ring (bicyclic) bond motifs is 1. The topological polar surface area (TPSA) is 87.8 Å². The molecule has 1 heterocycles. The van der Waals surface area contributed by atoms with Gasteiger partial charge in [0.15, 0.2) is 5.16 Å². The molecule has 160 valence electrons. The molecule has 0 bridgehead atoms. The summed E-state index contributed by atoms with van der Waals surface area (Å²) in [5, 5.41) is 13.4. The summed E-state index contributed by atoms with van der Waals surface area (Å²) < 4.78 is 1.64. The number of aromatic nitrogens is 2. The molecular weight excluding hydrogens is 432 g/mol. The van der Waals surface area contributed by atoms with E-state index in [1.165, 1.54) is 11.8 Å². The molecule has 0 aliphatic heterocycles. The first kappa shape index (κ1) is 22.9. The molecule has 8 heteroatoms. The molecule has 6 nitrogen and oxygen atoms in total. The van der Waals surface area contributed by atoms with E-state index in [4.69, 9.17) is 16.9 Å². The van der Waals surface area contributed by atoms with Gasteiger partial charge in [-0.25, -0.2) is 4.98 Å². The van der Waals surface area contributed by atoms with Crippen LogP contribution in [0.3, 0.4) is 0 Å². The van der Waals surface area contributed by atoms with Gasteiger partial charge < -0.3 is 5.32 Å². The van der Waals surface area contributed by atoms with Crippen molar-refractivity contribution >= 4 is 40.2 Å². The number of nitrogens with zero attached hydrogens (tertiary/aromatic N) is 3. The lowest BCUT2D eigenvalue weighted by molar-refractivity contribution is 0.0951. The van der Waals surface area contributed by atoms with Gasteiger partial charge in [0, 0.05) is 23.7 Å². The van der Waals surface area contributed by atoms with Gasteiger partial charge in [0.2, 0.25) is 0 Å². The van der Waals surface area contributed by atoms with Crippen molar-refractivity contribution in [3.05, 3.63) is 69.0 Å². The van der Waals surface area contributed by atoms with Crippen LogP contribution < -0.4 is 10.9 Å². The highest BCUT2D eigenvalue weighted by Gasteiger charge is 2.14. The highest BCUT2D eigenvalue weighted by atomic mass is 35.5. The highest BCUT2D eigenvalue weighted by Crippen LogP contribution is 2.20. The van der Waals surface area contributed by atoms with E-state index in [0.717, 1.165) is 24.8 Å². The lowest BCUT2D eigenvalue weighted by Crippen LogP contribution is -2.25. The first-order valence-corrected chi connectivity index (χ1v) is 11.5. The van der Waals surface area contributed by atoms with Crippen molar-refractivity contribution in [1.82, 2.24) is 14.9 Å². The third-order valence-electron chi connectivity index (χ3n) is 4.83. The smallest absolute Gasteiger partial charge is 0.262 e. The number of halogens is 1. The molecular formula is C23H23ClN4O2S. The Balaban J connectivity index is 1.89. The molecule has 3 rings (SSSR count). The lowest BCUT2D eigenvalue weighted by atomic mass is 10.1. The Bertz CT molecular complexity index is 1190. The van der Waals surface area contributed by atoms with E-state index in [2.05, 4.69) is 23.3 Å². The fourth-order valence-electron chi connectivity index (χ4n) is 3.19. The molecule has 1 aromatic heterocycles. The summed E-state index contributed by atoms with van der Waals surface area (Å²) in [7, 11) is 0. The third kappa shape index (κ3) is 5.66. The zero-order valence-corrected chi connectivity index (χ0v) is 18.8. The monoisotopic (exact) mass is 454 g/mol. The second-order valence-corrected chi connectivity index (χ2v) is 8.36. The summed E-state index contributed by atoms with van der Waals surface area (Å²) in [5.74, 6) is -0.0778. The molecule has 3 aromatic rings. The molecule has 0 aliphatic carbocycles. The fraction of sp³-hybridized carbons (Fsp3) is 0.304. The predicted molar refractivity (Wildman–Crippen MR) is 124 cm³/mol. The summed E-state index contributed by atoms with van der Waals surface area (Å²) >= 11 is 7.38. The van der Waals surface area contributed by atoms with E-state index >= 15 is 0 Å². The van der Waals surface area contributed by atoms with E-state index in [1.807, 2.05) is 18.2 Å². The maximum Gasteiger partial charge on any atom is 0.262 e. The second-order valence-electron chi connectivity index (χ2n) is 7.01. The molecule has 0 spiro atoms. The van der Waals surface area contributed by atoms with Crippen LogP contribution in [-0.4, -0.2) is 21.2 Å². The van der Waals surface area contributed by atoms with Crippen LogP contribution >= 0.6 is 23.4 Å². The summed E-state index contributed by atoms with van der Waals surface area (Å²) in [5.41, 5.74) is 1.53. The van der Waals surface area contributed by atoms with Crippen LogP contribution in [0.5, 0.6) is 0 Å². The number of hydrogen-bond donors (Lipinski definition) is 1. The molecule has 1 N–H and O–H groups in total. The summed E-state index contributed by atoms with van der Waals surface area (Å²) in [4.78, 5) is 30.3. The van der Waals surface area contributed by atoms with Gasteiger partial charge >= 0.3 is 0 Å². The number of nitrogens with one attached hydrogen (secondary N) is 1. The Morgan fingerprint density at radius 3 is 2.81 bits per heavy atom. The van der Waals surface area contributed by atoms with Crippen molar-refractivity contribution in [1.29, 1.82) is 5.26 Å². The van der Waals surface area contributed by atoms with E-state index < -0.39 is 0 Å². The first-order chi connectivity index (χ1) is 15.0. The third-order valence-corrected chi connectivity index (χ3v) is 6.04. The number of amides is 1. The zero-order valence-electron chi connectivity index (χ0n) is 17.2. The lowest BCUT2D eigenvalue weighted by Gasteiger charge is -2.13. The van der Waals surface area contributed by atoms with Crippen LogP contribution in [0, 0.1) is 11.3 Å². The Hall–Kier alpha value is -2.82. The molecule has 1 amide bonds. The summed E-state index contributed by atoms with van der Waals surface area (Å²) in [6.07, 6.45) is 2.92. The Morgan fingerprint density at radius 2 is 2.06 bits per heavy atom. The van der Waals surface area contributed by atoms with Crippen molar-refractivity contribution in [2.75, 3.05) is 5.75 Å². The van der Waals surface area contributed by atoms with Crippen LogP contribution in [0.2, 0.25) is 5.02 Å². The van der Waals surface area contributed by atoms with Gasteiger partial charge in [0.25, 0.3) is 11.5 Å². The molecule has 0 radical (unpaired) electrons. The van der Waals surface area contributed by atoms with Crippen molar-refractivity contribution in [3.8, 4) is 6.07 Å². The van der Waals surface area contributed by atoms with Gasteiger partial charge in [-0.15, -0.1) is 0 Å². The van der Waals surface area contributed by atoms with E-state index in [1.54, 1.807) is 28.8 Å². The van der Waals surface area contributed by atoms with Crippen molar-refractivity contribution in [2.45, 2.75) is 44.4 Å². The number of unbranched alkanes of at least 4 members (excludes halogenated alkanes) is 2. The SMILES string of the molecule is CCCCCn1c(SCC#N)nc2cc(C(=O)NCc3ccccc3Cl)ccc2c1=O. The molecule has 31 heavy (non-hydrogen) atoms. The number of rotatable bonds is 9. The maximum absolute atomic E-state index is 13.0. The molecule has 0 atom stereocenters. The van der Waals surface area contributed by atoms with Crippen LogP contribution in [0.1, 0.15) is 42.1 Å². The number of hydrogen-bond acceptors (Lipinski definition) is 5. The molecule has 0 aliphatic rings. The average molecular weight is 455 g/mol. The van der Waals surface area contributed by atoms with Crippen molar-refractivity contribution in [2.24, 2.45) is 0 Å². The van der Waals surface area contributed by atoms with Crippen molar-refractivity contribution < 1.29 is 4.79 Å². The van der Waals surface area contributed by atoms with Crippen LogP contribution in [0.4, 0.5) is 0 Å². The largest absolute Gasteiger partial charge is 0.348 e. The van der Waals surface area contributed by atoms with E-state index in [-0.39, 0.29) is 17.2 Å². The second kappa shape index (κ2) is 11.0. The number of benzene rings is 2. The van der Waals surface area contributed by atoms with E-state index in [0.29, 0.717) is 39.7 Å². The number of carbonyl (C=O) groups is 1. The van der Waals surface area contributed by atoms with E-state index in [9.17, 15) is 9.59 Å². The Kier molecular flexibility index (Phi) is 8.10. The van der Waals surface area contributed by atoms with Crippen LogP contribution in [0.15, 0.2) is 52.4 Å². The molecule has 0 saturated heterocycles. The van der Waals surface area contributed by atoms with Gasteiger partial charge in [-0.1, -0.05) is 61.3 Å². The number of nitriles is 1. The Labute approximate surface area is 190 Å². The minimum absolute atomic E-state index is 0.149.